The van der Waals surface area contributed by atoms with Crippen LogP contribution in [0.25, 0.3) is 0 Å². The summed E-state index contributed by atoms with van der Waals surface area (Å²) in [7, 11) is 0. The van der Waals surface area contributed by atoms with Gasteiger partial charge in [0.25, 0.3) is 0 Å². The molecule has 0 fully saturated rings. The van der Waals surface area contributed by atoms with E-state index in [1.54, 1.807) is 0 Å². The van der Waals surface area contributed by atoms with E-state index in [0.29, 0.717) is 6.42 Å². The van der Waals surface area contributed by atoms with E-state index in [9.17, 15) is 9.59 Å². The molecule has 210 valence electrons. The van der Waals surface area contributed by atoms with Crippen molar-refractivity contribution in [2.45, 2.75) is 168 Å². The second-order valence-electron chi connectivity index (χ2n) is 10.3. The molecule has 0 aliphatic heterocycles. The van der Waals surface area contributed by atoms with Gasteiger partial charge in [-0.2, -0.15) is 0 Å². The fourth-order valence-corrected chi connectivity index (χ4v) is 4.32. The predicted octanol–water partition coefficient (Wildman–Crippen LogP) is 10.1. The van der Waals surface area contributed by atoms with Crippen molar-refractivity contribution >= 4 is 11.9 Å². The van der Waals surface area contributed by atoms with Crippen LogP contribution in [0.1, 0.15) is 162 Å². The molecule has 0 bridgehead atoms. The van der Waals surface area contributed by atoms with Crippen molar-refractivity contribution in [1.82, 2.24) is 0 Å². The molecule has 0 spiro atoms. The molecule has 0 saturated carbocycles. The van der Waals surface area contributed by atoms with Gasteiger partial charge in [0.1, 0.15) is 6.10 Å². The molecule has 4 heteroatoms. The number of aliphatic carboxylic acids is 1. The van der Waals surface area contributed by atoms with Crippen molar-refractivity contribution in [3.63, 3.8) is 0 Å². The van der Waals surface area contributed by atoms with Gasteiger partial charge in [-0.25, -0.2) is 0 Å². The van der Waals surface area contributed by atoms with Gasteiger partial charge in [-0.15, -0.1) is 0 Å². The summed E-state index contributed by atoms with van der Waals surface area (Å²) in [4.78, 5) is 23.1. The molecule has 0 aliphatic carbocycles. The number of esters is 1. The first-order chi connectivity index (χ1) is 17.6. The molecule has 36 heavy (non-hydrogen) atoms. The maximum atomic E-state index is 12.4. The van der Waals surface area contributed by atoms with Gasteiger partial charge in [-0.05, 0) is 70.3 Å². The van der Waals surface area contributed by atoms with E-state index >= 15 is 0 Å². The summed E-state index contributed by atoms with van der Waals surface area (Å²) in [6.07, 6.45) is 33.3. The van der Waals surface area contributed by atoms with E-state index in [1.807, 2.05) is 0 Å². The van der Waals surface area contributed by atoms with Crippen LogP contribution in [-0.2, 0) is 14.3 Å². The summed E-state index contributed by atoms with van der Waals surface area (Å²) < 4.78 is 5.81. The lowest BCUT2D eigenvalue weighted by molar-refractivity contribution is -0.147. The van der Waals surface area contributed by atoms with Crippen LogP contribution in [0.15, 0.2) is 24.3 Å². The fraction of sp³-hybridized carbons (Fsp3) is 0.812. The van der Waals surface area contributed by atoms with Gasteiger partial charge in [-0.1, -0.05) is 103 Å². The molecule has 1 atom stereocenters. The molecule has 0 aromatic heterocycles. The highest BCUT2D eigenvalue weighted by molar-refractivity contribution is 5.69. The Morgan fingerprint density at radius 2 is 1.08 bits per heavy atom. The molecule has 0 saturated heterocycles. The zero-order valence-electron chi connectivity index (χ0n) is 23.8. The van der Waals surface area contributed by atoms with Crippen LogP contribution in [0.2, 0.25) is 0 Å². The average molecular weight is 507 g/mol. The first kappa shape index (κ1) is 34.4. The Hall–Kier alpha value is -1.58. The zero-order valence-corrected chi connectivity index (χ0v) is 23.8. The first-order valence-corrected chi connectivity index (χ1v) is 15.3. The van der Waals surface area contributed by atoms with Gasteiger partial charge in [0, 0.05) is 12.8 Å². The quantitative estimate of drug-likeness (QED) is 0.0683. The second kappa shape index (κ2) is 28.0. The highest BCUT2D eigenvalue weighted by atomic mass is 16.5. The molecule has 0 aromatic rings. The number of rotatable bonds is 27. The van der Waals surface area contributed by atoms with E-state index in [1.165, 1.54) is 83.5 Å². The lowest BCUT2D eigenvalue weighted by atomic mass is 10.1. The third-order valence-electron chi connectivity index (χ3n) is 6.63. The summed E-state index contributed by atoms with van der Waals surface area (Å²) in [5.41, 5.74) is 0. The van der Waals surface area contributed by atoms with Crippen molar-refractivity contribution in [2.75, 3.05) is 0 Å². The van der Waals surface area contributed by atoms with Gasteiger partial charge >= 0.3 is 11.9 Å². The minimum atomic E-state index is -0.724. The topological polar surface area (TPSA) is 63.6 Å². The zero-order chi connectivity index (χ0) is 26.5. The van der Waals surface area contributed by atoms with Crippen LogP contribution >= 0.6 is 0 Å². The van der Waals surface area contributed by atoms with Crippen LogP contribution < -0.4 is 0 Å². The van der Waals surface area contributed by atoms with Gasteiger partial charge in [0.05, 0.1) is 0 Å². The van der Waals surface area contributed by atoms with Gasteiger partial charge in [0.2, 0.25) is 0 Å². The van der Waals surface area contributed by atoms with Crippen molar-refractivity contribution in [1.29, 1.82) is 0 Å². The predicted molar refractivity (Wildman–Crippen MR) is 153 cm³/mol. The highest BCUT2D eigenvalue weighted by Gasteiger charge is 2.11. The number of carboxylic acid groups (broad SMARTS) is 1. The number of unbranched alkanes of at least 4 members (excludes halogenated alkanes) is 16. The number of carbonyl (C=O) groups is 2. The average Bonchev–Trinajstić information content (AvgIpc) is 2.85. The summed E-state index contributed by atoms with van der Waals surface area (Å²) in [5, 5.41) is 8.76. The summed E-state index contributed by atoms with van der Waals surface area (Å²) >= 11 is 0. The number of allylic oxidation sites excluding steroid dienone is 3. The van der Waals surface area contributed by atoms with E-state index in [-0.39, 0.29) is 18.5 Å². The molecule has 0 amide bonds. The van der Waals surface area contributed by atoms with Gasteiger partial charge < -0.3 is 9.84 Å². The van der Waals surface area contributed by atoms with Crippen molar-refractivity contribution < 1.29 is 19.4 Å². The van der Waals surface area contributed by atoms with Crippen molar-refractivity contribution in [2.24, 2.45) is 0 Å². The first-order valence-electron chi connectivity index (χ1n) is 15.3. The monoisotopic (exact) mass is 506 g/mol. The fourth-order valence-electron chi connectivity index (χ4n) is 4.32. The molecule has 0 rings (SSSR count). The minimum absolute atomic E-state index is 0.0755. The summed E-state index contributed by atoms with van der Waals surface area (Å²) in [5.74, 6) is -0.799. The Balaban J connectivity index is 4.08. The largest absolute Gasteiger partial charge is 0.481 e. The minimum Gasteiger partial charge on any atom is -0.481 e. The van der Waals surface area contributed by atoms with Crippen LogP contribution in [0, 0.1) is 0 Å². The SMILES string of the molecule is CCCCC/C=C\CCCCCCCC(=O)OC(/C=C\CCCCCCC)CCCCCCC(=O)O. The van der Waals surface area contributed by atoms with Crippen LogP contribution in [0.5, 0.6) is 0 Å². The molecule has 0 radical (unpaired) electrons. The van der Waals surface area contributed by atoms with Gasteiger partial charge in [0.15, 0.2) is 0 Å². The number of carboxylic acids is 1. The van der Waals surface area contributed by atoms with Crippen LogP contribution in [-0.4, -0.2) is 23.1 Å². The third-order valence-corrected chi connectivity index (χ3v) is 6.63. The third kappa shape index (κ3) is 27.0. The van der Waals surface area contributed by atoms with E-state index in [4.69, 9.17) is 9.84 Å². The Bertz CT molecular complexity index is 552. The van der Waals surface area contributed by atoms with E-state index in [2.05, 4.69) is 38.2 Å². The molecule has 1 unspecified atom stereocenters. The lowest BCUT2D eigenvalue weighted by Crippen LogP contribution is -2.16. The molecule has 0 aromatic carbocycles. The number of hydrogen-bond donors (Lipinski definition) is 1. The second-order valence-corrected chi connectivity index (χ2v) is 10.3. The van der Waals surface area contributed by atoms with E-state index < -0.39 is 5.97 Å². The van der Waals surface area contributed by atoms with Crippen molar-refractivity contribution in [3.05, 3.63) is 24.3 Å². The molecule has 0 aliphatic rings. The molecule has 0 heterocycles. The normalized spacial score (nSPS) is 12.5. The summed E-state index contributed by atoms with van der Waals surface area (Å²) in [6.45, 7) is 4.47. The maximum absolute atomic E-state index is 12.4. The Morgan fingerprint density at radius 3 is 1.72 bits per heavy atom. The Labute approximate surface area is 223 Å². The highest BCUT2D eigenvalue weighted by Crippen LogP contribution is 2.15. The smallest absolute Gasteiger partial charge is 0.306 e. The Morgan fingerprint density at radius 1 is 0.611 bits per heavy atom. The van der Waals surface area contributed by atoms with Gasteiger partial charge in [-0.3, -0.25) is 9.59 Å². The number of ether oxygens (including phenoxy) is 1. The maximum Gasteiger partial charge on any atom is 0.306 e. The number of carbonyl (C=O) groups excluding carboxylic acids is 1. The standard InChI is InChI=1S/C32H58O4/c1-3-5-7-9-11-12-13-14-15-17-19-25-29-32(35)36-30(26-22-18-16-10-8-6-4-2)27-23-20-21-24-28-31(33)34/h11-12,22,26,30H,3-10,13-21,23-25,27-29H2,1-2H3,(H,33,34)/b12-11-,26-22-. The van der Waals surface area contributed by atoms with Crippen LogP contribution in [0.3, 0.4) is 0 Å². The molecular formula is C32H58O4. The summed E-state index contributed by atoms with van der Waals surface area (Å²) in [6, 6.07) is 0. The van der Waals surface area contributed by atoms with E-state index in [0.717, 1.165) is 51.4 Å². The van der Waals surface area contributed by atoms with Crippen LogP contribution in [0.4, 0.5) is 0 Å². The molecule has 1 N–H and O–H groups in total. The van der Waals surface area contributed by atoms with Crippen molar-refractivity contribution in [3.8, 4) is 0 Å². The molecule has 4 nitrogen and oxygen atoms in total. The lowest BCUT2D eigenvalue weighted by Gasteiger charge is -2.15. The molecular weight excluding hydrogens is 448 g/mol. The number of hydrogen-bond acceptors (Lipinski definition) is 3. The Kier molecular flexibility index (Phi) is 26.8.